The smallest absolute Gasteiger partial charge is 0.326 e. The minimum atomic E-state index is -2.30. The first-order valence-corrected chi connectivity index (χ1v) is 24.2. The molecule has 1 aliphatic carbocycles. The van der Waals surface area contributed by atoms with E-state index in [1.165, 1.54) is 6.92 Å². The zero-order chi connectivity index (χ0) is 48.4. The number of amides is 1. The standard InChI is InChI=1S/C52H81NO12/c1-33(19-23-42-24-21-39(7)52(61,65-42)49(57)50(58)53-27-15-14-18-43(53)51(59)60)16-12-11-13-17-34(2)28-38(6)48(56)47(63-10)31-36(4)29-37(5)44(55)25-20-35(3)30-41-22-26-45(64-40(8)54)46(32-41)62-9/h11-13,16-17,29,34-35,37-39,41-43,45-47,61H,14-15,18-28,30-32H2,1-10H3,(H,59,60)/b12-11+,17-13+,33-16+,36-29+/t34-,35+,37-,38-,39-,41?,42-,43?,45-,46-,47-,52-/m1/s1. The Bertz CT molecular complexity index is 1730. The van der Waals surface area contributed by atoms with Crippen molar-refractivity contribution in [3.8, 4) is 0 Å². The number of piperidine rings is 1. The SMILES string of the molecule is CO[C@H](C/C(C)=C/[C@@H](C)C(=O)CC[C@H](C)CC1CC[C@@H](OC(C)=O)[C@H](OC)C1)C(=O)[C@H](C)C[C@H](C)/C=C/C=C/C=C(\C)CC[C@@H]1CC[C@@H](C)[C@](O)(C(=O)C(=O)N2CCCCC2C(=O)O)O1. The number of hydrogen-bond donors (Lipinski definition) is 2. The molecule has 0 aromatic heterocycles. The molecule has 13 heteroatoms. The molecule has 1 saturated carbocycles. The molecule has 0 spiro atoms. The second-order valence-electron chi connectivity index (χ2n) is 19.6. The molecule has 2 unspecified atom stereocenters. The number of aliphatic hydroxyl groups is 1. The normalized spacial score (nSPS) is 28.1. The van der Waals surface area contributed by atoms with Crippen molar-refractivity contribution in [2.24, 2.45) is 35.5 Å². The molecule has 0 radical (unpaired) electrons. The van der Waals surface area contributed by atoms with Gasteiger partial charge in [-0.3, -0.25) is 24.0 Å². The van der Waals surface area contributed by atoms with E-state index >= 15 is 0 Å². The minimum absolute atomic E-state index is 0.0413. The number of likely N-dealkylation sites (tertiary alicyclic amines) is 1. The molecule has 0 aromatic carbocycles. The predicted octanol–water partition coefficient (Wildman–Crippen LogP) is 8.71. The molecule has 12 atom stereocenters. The van der Waals surface area contributed by atoms with Gasteiger partial charge in [0, 0.05) is 58.3 Å². The highest BCUT2D eigenvalue weighted by Crippen LogP contribution is 2.37. The lowest BCUT2D eigenvalue weighted by atomic mass is 9.79. The van der Waals surface area contributed by atoms with E-state index in [4.69, 9.17) is 18.9 Å². The van der Waals surface area contributed by atoms with Crippen LogP contribution < -0.4 is 0 Å². The summed E-state index contributed by atoms with van der Waals surface area (Å²) in [5.74, 6) is -5.69. The molecular weight excluding hydrogens is 831 g/mol. The highest BCUT2D eigenvalue weighted by Gasteiger charge is 2.52. The van der Waals surface area contributed by atoms with Crippen LogP contribution in [0.3, 0.4) is 0 Å². The van der Waals surface area contributed by atoms with Crippen LogP contribution in [-0.2, 0) is 47.7 Å². The molecule has 2 saturated heterocycles. The number of carbonyl (C=O) groups is 6. The third kappa shape index (κ3) is 17.4. The van der Waals surface area contributed by atoms with E-state index in [9.17, 15) is 39.0 Å². The number of aliphatic carboxylic acids is 1. The molecule has 3 fully saturated rings. The Hall–Kier alpha value is -3.78. The van der Waals surface area contributed by atoms with Gasteiger partial charge in [0.2, 0.25) is 5.79 Å². The number of esters is 1. The van der Waals surface area contributed by atoms with Gasteiger partial charge in [-0.05, 0) is 115 Å². The van der Waals surface area contributed by atoms with Gasteiger partial charge < -0.3 is 34.1 Å². The van der Waals surface area contributed by atoms with Crippen molar-refractivity contribution in [3.05, 3.63) is 47.6 Å². The first-order valence-electron chi connectivity index (χ1n) is 24.2. The van der Waals surface area contributed by atoms with Crippen molar-refractivity contribution in [3.63, 3.8) is 0 Å². The summed E-state index contributed by atoms with van der Waals surface area (Å²) in [7, 11) is 3.22. The van der Waals surface area contributed by atoms with Gasteiger partial charge in [0.25, 0.3) is 11.7 Å². The summed E-state index contributed by atoms with van der Waals surface area (Å²) in [6.45, 7) is 15.3. The van der Waals surface area contributed by atoms with Gasteiger partial charge in [0.05, 0.1) is 12.2 Å². The number of ether oxygens (including phenoxy) is 4. The largest absolute Gasteiger partial charge is 0.480 e. The summed E-state index contributed by atoms with van der Waals surface area (Å²) in [4.78, 5) is 77.4. The Morgan fingerprint density at radius 3 is 2.26 bits per heavy atom. The zero-order valence-corrected chi connectivity index (χ0v) is 41.1. The third-order valence-electron chi connectivity index (χ3n) is 13.8. The van der Waals surface area contributed by atoms with Crippen LogP contribution in [0.15, 0.2) is 47.6 Å². The number of carboxylic acids is 1. The van der Waals surface area contributed by atoms with E-state index in [1.54, 1.807) is 21.1 Å². The molecule has 3 rings (SSSR count). The van der Waals surface area contributed by atoms with Gasteiger partial charge in [-0.15, -0.1) is 0 Å². The fourth-order valence-electron chi connectivity index (χ4n) is 9.81. The number of rotatable bonds is 25. The Morgan fingerprint density at radius 1 is 0.877 bits per heavy atom. The second-order valence-corrected chi connectivity index (χ2v) is 19.6. The number of nitrogens with zero attached hydrogens (tertiary/aromatic N) is 1. The molecule has 2 heterocycles. The van der Waals surface area contributed by atoms with Gasteiger partial charge in [-0.1, -0.05) is 82.2 Å². The lowest BCUT2D eigenvalue weighted by Gasteiger charge is -2.42. The maximum absolute atomic E-state index is 13.5. The molecular formula is C52H81NO12. The Labute approximate surface area is 388 Å². The van der Waals surface area contributed by atoms with Gasteiger partial charge >= 0.3 is 11.9 Å². The Morgan fingerprint density at radius 2 is 1.60 bits per heavy atom. The van der Waals surface area contributed by atoms with E-state index < -0.39 is 47.6 Å². The topological polar surface area (TPSA) is 183 Å². The zero-order valence-electron chi connectivity index (χ0n) is 41.1. The Balaban J connectivity index is 1.40. The number of allylic oxidation sites excluding steroid dienone is 7. The van der Waals surface area contributed by atoms with E-state index in [1.807, 2.05) is 58.1 Å². The van der Waals surface area contributed by atoms with E-state index in [2.05, 4.69) is 19.9 Å². The first-order chi connectivity index (χ1) is 30.7. The molecule has 13 nitrogen and oxygen atoms in total. The van der Waals surface area contributed by atoms with Crippen LogP contribution in [0.4, 0.5) is 0 Å². The summed E-state index contributed by atoms with van der Waals surface area (Å²) in [6, 6.07) is -1.08. The summed E-state index contributed by atoms with van der Waals surface area (Å²) >= 11 is 0. The van der Waals surface area contributed by atoms with Crippen LogP contribution in [0.25, 0.3) is 0 Å². The van der Waals surface area contributed by atoms with Gasteiger partial charge in [-0.2, -0.15) is 0 Å². The summed E-state index contributed by atoms with van der Waals surface area (Å²) in [5, 5.41) is 21.0. The molecule has 366 valence electrons. The van der Waals surface area contributed by atoms with Gasteiger partial charge in [0.15, 0.2) is 5.78 Å². The number of hydrogen-bond acceptors (Lipinski definition) is 11. The quantitative estimate of drug-likeness (QED) is 0.0385. The number of carbonyl (C=O) groups excluding carboxylic acids is 5. The molecule has 3 aliphatic rings. The van der Waals surface area contributed by atoms with Crippen LogP contribution in [0.2, 0.25) is 0 Å². The van der Waals surface area contributed by atoms with Crippen molar-refractivity contribution in [1.29, 1.82) is 0 Å². The molecule has 0 bridgehead atoms. The maximum atomic E-state index is 13.5. The predicted molar refractivity (Wildman–Crippen MR) is 249 cm³/mol. The van der Waals surface area contributed by atoms with Crippen LogP contribution in [0, 0.1) is 35.5 Å². The van der Waals surface area contributed by atoms with E-state index in [0.29, 0.717) is 69.6 Å². The van der Waals surface area contributed by atoms with Gasteiger partial charge in [0.1, 0.15) is 24.0 Å². The van der Waals surface area contributed by atoms with Crippen LogP contribution >= 0.6 is 0 Å². The summed E-state index contributed by atoms with van der Waals surface area (Å²) in [5.41, 5.74) is 2.03. The fourth-order valence-corrected chi connectivity index (χ4v) is 9.81. The number of ketones is 3. The average molecular weight is 912 g/mol. The monoisotopic (exact) mass is 912 g/mol. The second kappa shape index (κ2) is 27.1. The number of methoxy groups -OCH3 is 2. The van der Waals surface area contributed by atoms with Crippen LogP contribution in [0.5, 0.6) is 0 Å². The van der Waals surface area contributed by atoms with Crippen molar-refractivity contribution in [2.45, 2.75) is 188 Å². The summed E-state index contributed by atoms with van der Waals surface area (Å²) < 4.78 is 22.7. The molecule has 1 amide bonds. The molecule has 2 N–H and O–H groups in total. The van der Waals surface area contributed by atoms with Gasteiger partial charge in [-0.25, -0.2) is 4.79 Å². The van der Waals surface area contributed by atoms with Crippen molar-refractivity contribution in [2.75, 3.05) is 20.8 Å². The Kier molecular flexibility index (Phi) is 23.2. The first kappa shape index (κ1) is 55.5. The summed E-state index contributed by atoms with van der Waals surface area (Å²) in [6.07, 6.45) is 20.4. The minimum Gasteiger partial charge on any atom is -0.480 e. The van der Waals surface area contributed by atoms with Crippen LogP contribution in [0.1, 0.15) is 152 Å². The average Bonchev–Trinajstić information content (AvgIpc) is 3.26. The van der Waals surface area contributed by atoms with Crippen molar-refractivity contribution < 1.29 is 57.9 Å². The van der Waals surface area contributed by atoms with Crippen LogP contribution in [-0.4, -0.2) is 107 Å². The molecule has 2 aliphatic heterocycles. The highest BCUT2D eigenvalue weighted by atomic mass is 16.6. The van der Waals surface area contributed by atoms with Crippen molar-refractivity contribution >= 4 is 35.2 Å². The highest BCUT2D eigenvalue weighted by molar-refractivity contribution is 6.39. The fraction of sp³-hybridized carbons (Fsp3) is 0.731. The maximum Gasteiger partial charge on any atom is 0.326 e. The molecule has 65 heavy (non-hydrogen) atoms. The van der Waals surface area contributed by atoms with E-state index in [0.717, 1.165) is 48.2 Å². The van der Waals surface area contributed by atoms with E-state index in [-0.39, 0.29) is 60.5 Å². The number of Topliss-reactive ketones (excluding diaryl/α,β-unsaturated/α-hetero) is 3. The lowest BCUT2D eigenvalue weighted by Crippen LogP contribution is -2.60. The molecule has 0 aromatic rings. The lowest BCUT2D eigenvalue weighted by molar-refractivity contribution is -0.263. The van der Waals surface area contributed by atoms with Crippen molar-refractivity contribution in [1.82, 2.24) is 4.90 Å². The third-order valence-corrected chi connectivity index (χ3v) is 13.8. The number of carboxylic acid groups (broad SMARTS) is 1.